The molecule has 3 aromatic carbocycles. The van der Waals surface area contributed by atoms with Crippen LogP contribution in [0.5, 0.6) is 0 Å². The van der Waals surface area contributed by atoms with Gasteiger partial charge in [0.15, 0.2) is 0 Å². The van der Waals surface area contributed by atoms with Crippen molar-refractivity contribution in [1.82, 2.24) is 0 Å². The van der Waals surface area contributed by atoms with E-state index < -0.39 is 0 Å². The molecule has 1 aromatic heterocycles. The molecule has 0 aliphatic rings. The SMILES string of the molecule is C=C/C(C#Cc1ccccc1)=C\c1oc2cc(C#Cc3ccccc3)ccc2c1C.CC. The second-order valence-corrected chi connectivity index (χ2v) is 6.84. The van der Waals surface area contributed by atoms with Gasteiger partial charge >= 0.3 is 0 Å². The van der Waals surface area contributed by atoms with Crippen LogP contribution in [0.15, 0.2) is 102 Å². The van der Waals surface area contributed by atoms with Crippen molar-refractivity contribution >= 4 is 17.0 Å². The highest BCUT2D eigenvalue weighted by Gasteiger charge is 2.09. The van der Waals surface area contributed by atoms with Gasteiger partial charge in [0.25, 0.3) is 0 Å². The molecule has 1 heteroatoms. The first kappa shape index (κ1) is 22.5. The van der Waals surface area contributed by atoms with Crippen molar-refractivity contribution in [3.8, 4) is 23.7 Å². The van der Waals surface area contributed by atoms with Gasteiger partial charge in [0.1, 0.15) is 11.3 Å². The van der Waals surface area contributed by atoms with Gasteiger partial charge in [0.05, 0.1) is 0 Å². The minimum absolute atomic E-state index is 0.787. The predicted molar refractivity (Wildman–Crippen MR) is 136 cm³/mol. The van der Waals surface area contributed by atoms with Gasteiger partial charge in [-0.15, -0.1) is 0 Å². The van der Waals surface area contributed by atoms with Crippen LogP contribution >= 0.6 is 0 Å². The Morgan fingerprint density at radius 3 is 2.00 bits per heavy atom. The largest absolute Gasteiger partial charge is 0.456 e. The highest BCUT2D eigenvalue weighted by Crippen LogP contribution is 2.28. The molecule has 0 bridgehead atoms. The highest BCUT2D eigenvalue weighted by atomic mass is 16.3. The minimum Gasteiger partial charge on any atom is -0.456 e. The van der Waals surface area contributed by atoms with Crippen LogP contribution in [0.4, 0.5) is 0 Å². The fourth-order valence-corrected chi connectivity index (χ4v) is 3.08. The summed E-state index contributed by atoms with van der Waals surface area (Å²) in [6.07, 6.45) is 3.69. The summed E-state index contributed by atoms with van der Waals surface area (Å²) in [6, 6.07) is 25.9. The lowest BCUT2D eigenvalue weighted by Gasteiger charge is -1.92. The molecule has 0 atom stereocenters. The van der Waals surface area contributed by atoms with Crippen molar-refractivity contribution in [3.63, 3.8) is 0 Å². The van der Waals surface area contributed by atoms with E-state index in [-0.39, 0.29) is 0 Å². The number of allylic oxidation sites excluding steroid dienone is 2. The zero-order valence-electron chi connectivity index (χ0n) is 18.8. The number of benzene rings is 3. The van der Waals surface area contributed by atoms with Crippen molar-refractivity contribution in [1.29, 1.82) is 0 Å². The van der Waals surface area contributed by atoms with Crippen molar-refractivity contribution < 1.29 is 4.42 Å². The molecule has 0 unspecified atom stereocenters. The molecule has 0 saturated carbocycles. The maximum Gasteiger partial charge on any atom is 0.136 e. The van der Waals surface area contributed by atoms with E-state index >= 15 is 0 Å². The molecule has 1 nitrogen and oxygen atoms in total. The Balaban J connectivity index is 0.00000141. The lowest BCUT2D eigenvalue weighted by Crippen LogP contribution is -1.78. The van der Waals surface area contributed by atoms with E-state index in [9.17, 15) is 0 Å². The Bertz CT molecular complexity index is 1350. The monoisotopic (exact) mass is 414 g/mol. The summed E-state index contributed by atoms with van der Waals surface area (Å²) in [4.78, 5) is 0. The van der Waals surface area contributed by atoms with Crippen molar-refractivity contribution in [2.75, 3.05) is 0 Å². The van der Waals surface area contributed by atoms with Crippen LogP contribution < -0.4 is 0 Å². The molecular weight excluding hydrogens is 388 g/mol. The van der Waals surface area contributed by atoms with Crippen LogP contribution in [0.1, 0.15) is 41.9 Å². The summed E-state index contributed by atoms with van der Waals surface area (Å²) in [5.41, 5.74) is 5.58. The van der Waals surface area contributed by atoms with E-state index in [4.69, 9.17) is 4.42 Å². The number of aryl methyl sites for hydroxylation is 1. The number of hydrogen-bond donors (Lipinski definition) is 0. The molecular formula is C31H26O. The average Bonchev–Trinajstić information content (AvgIpc) is 3.17. The standard InChI is InChI=1S/C29H20O.C2H6/c1-3-23(14-15-24-10-6-4-7-11-24)20-28-22(2)27-19-18-26(21-29(27)30-28)17-16-25-12-8-5-9-13-25;1-2/h3-13,18-21H,1H2,2H3;1-2H3/b23-20+;. The fourth-order valence-electron chi connectivity index (χ4n) is 3.08. The summed E-state index contributed by atoms with van der Waals surface area (Å²) in [7, 11) is 0. The van der Waals surface area contributed by atoms with Gasteiger partial charge in [-0.3, -0.25) is 0 Å². The number of hydrogen-bond acceptors (Lipinski definition) is 1. The molecule has 0 aliphatic heterocycles. The molecule has 156 valence electrons. The summed E-state index contributed by atoms with van der Waals surface area (Å²) < 4.78 is 6.12. The van der Waals surface area contributed by atoms with Gasteiger partial charge in [-0.05, 0) is 55.5 Å². The molecule has 0 radical (unpaired) electrons. The zero-order valence-corrected chi connectivity index (χ0v) is 18.8. The topological polar surface area (TPSA) is 13.1 Å². The fraction of sp³-hybridized carbons (Fsp3) is 0.0968. The molecule has 0 saturated heterocycles. The van der Waals surface area contributed by atoms with Gasteiger partial charge in [-0.2, -0.15) is 0 Å². The third-order valence-electron chi connectivity index (χ3n) is 4.73. The molecule has 0 fully saturated rings. The Kier molecular flexibility index (Phi) is 7.91. The molecule has 0 amide bonds. The molecule has 4 rings (SSSR count). The van der Waals surface area contributed by atoms with E-state index in [0.717, 1.165) is 44.6 Å². The van der Waals surface area contributed by atoms with Gasteiger partial charge in [0, 0.05) is 33.2 Å². The molecule has 0 aliphatic carbocycles. The van der Waals surface area contributed by atoms with Crippen molar-refractivity contribution in [2.24, 2.45) is 0 Å². The first-order valence-corrected chi connectivity index (χ1v) is 10.7. The van der Waals surface area contributed by atoms with Gasteiger partial charge in [-0.25, -0.2) is 0 Å². The van der Waals surface area contributed by atoms with E-state index in [2.05, 4.69) is 43.3 Å². The minimum atomic E-state index is 0.787. The Labute approximate surface area is 191 Å². The van der Waals surface area contributed by atoms with Crippen molar-refractivity contribution in [3.05, 3.63) is 125 Å². The summed E-state index contributed by atoms with van der Waals surface area (Å²) >= 11 is 0. The normalized spacial score (nSPS) is 10.2. The van der Waals surface area contributed by atoms with Crippen LogP contribution in [0, 0.1) is 30.6 Å². The van der Waals surface area contributed by atoms with Crippen molar-refractivity contribution in [2.45, 2.75) is 20.8 Å². The van der Waals surface area contributed by atoms with Crippen LogP contribution in [0.3, 0.4) is 0 Å². The van der Waals surface area contributed by atoms with Gasteiger partial charge in [-0.1, -0.05) is 86.6 Å². The number of fused-ring (bicyclic) bond motifs is 1. The van der Waals surface area contributed by atoms with Crippen LogP contribution in [-0.2, 0) is 0 Å². The Morgan fingerprint density at radius 1 is 0.781 bits per heavy atom. The Hall–Kier alpha value is -4.20. The smallest absolute Gasteiger partial charge is 0.136 e. The first-order valence-electron chi connectivity index (χ1n) is 10.7. The van der Waals surface area contributed by atoms with E-state index in [0.29, 0.717) is 0 Å². The highest BCUT2D eigenvalue weighted by molar-refractivity contribution is 5.86. The van der Waals surface area contributed by atoms with E-state index in [1.54, 1.807) is 6.08 Å². The lowest BCUT2D eigenvalue weighted by atomic mass is 10.1. The molecule has 4 aromatic rings. The molecule has 0 N–H and O–H groups in total. The first-order chi connectivity index (χ1) is 15.7. The maximum absolute atomic E-state index is 6.12. The number of rotatable bonds is 2. The summed E-state index contributed by atoms with van der Waals surface area (Å²) in [5, 5.41) is 1.07. The van der Waals surface area contributed by atoms with Crippen LogP contribution in [0.25, 0.3) is 17.0 Å². The predicted octanol–water partition coefficient (Wildman–Crippen LogP) is 7.79. The lowest BCUT2D eigenvalue weighted by molar-refractivity contribution is 0.601. The third-order valence-corrected chi connectivity index (χ3v) is 4.73. The third kappa shape index (κ3) is 5.69. The molecule has 0 spiro atoms. The number of furan rings is 1. The summed E-state index contributed by atoms with van der Waals surface area (Å²) in [6.45, 7) is 9.94. The zero-order chi connectivity index (χ0) is 22.8. The van der Waals surface area contributed by atoms with Gasteiger partial charge < -0.3 is 4.42 Å². The maximum atomic E-state index is 6.12. The van der Waals surface area contributed by atoms with Crippen LogP contribution in [-0.4, -0.2) is 0 Å². The molecule has 1 heterocycles. The van der Waals surface area contributed by atoms with Crippen LogP contribution in [0.2, 0.25) is 0 Å². The van der Waals surface area contributed by atoms with E-state index in [1.165, 1.54) is 0 Å². The van der Waals surface area contributed by atoms with Gasteiger partial charge in [0.2, 0.25) is 0 Å². The van der Waals surface area contributed by atoms with E-state index in [1.807, 2.05) is 92.7 Å². The quantitative estimate of drug-likeness (QED) is 0.241. The second kappa shape index (κ2) is 11.3. The molecule has 32 heavy (non-hydrogen) atoms. The average molecular weight is 415 g/mol. The summed E-state index contributed by atoms with van der Waals surface area (Å²) in [5.74, 6) is 13.5. The Morgan fingerprint density at radius 2 is 1.38 bits per heavy atom. The second-order valence-electron chi connectivity index (χ2n) is 6.84.